The van der Waals surface area contributed by atoms with E-state index >= 15 is 0 Å². The zero-order valence-electron chi connectivity index (χ0n) is 18.4. The third-order valence-electron chi connectivity index (χ3n) is 7.45. The third kappa shape index (κ3) is 3.77. The number of nitriles is 1. The second-order valence-corrected chi connectivity index (χ2v) is 9.48. The molecule has 1 aliphatic carbocycles. The number of hydrogen-bond acceptors (Lipinski definition) is 6. The van der Waals surface area contributed by atoms with Gasteiger partial charge in [-0.3, -0.25) is 4.79 Å². The van der Waals surface area contributed by atoms with Gasteiger partial charge in [-0.1, -0.05) is 25.9 Å². The zero-order chi connectivity index (χ0) is 23.1. The van der Waals surface area contributed by atoms with Crippen LogP contribution in [0.3, 0.4) is 0 Å². The number of hydrogen-bond donors (Lipinski definition) is 1. The van der Waals surface area contributed by atoms with Gasteiger partial charge in [-0.25, -0.2) is 8.78 Å². The van der Waals surface area contributed by atoms with Crippen molar-refractivity contribution >= 4 is 5.91 Å². The Hall–Kier alpha value is -2.86. The molecule has 0 spiro atoms. The van der Waals surface area contributed by atoms with Gasteiger partial charge in [0.25, 0.3) is 0 Å². The average molecular weight is 443 g/mol. The molecule has 9 heteroatoms. The number of amides is 1. The monoisotopic (exact) mass is 443 g/mol. The molecular weight excluding hydrogens is 416 g/mol. The Morgan fingerprint density at radius 1 is 1.34 bits per heavy atom. The van der Waals surface area contributed by atoms with E-state index in [1.807, 2.05) is 6.07 Å². The molecule has 170 valence electrons. The fourth-order valence-electron chi connectivity index (χ4n) is 4.90. The Bertz CT molecular complexity index is 1030. The normalized spacial score (nSPS) is 29.2. The fraction of sp³-hybridized carbons (Fsp3) is 0.565. The van der Waals surface area contributed by atoms with Gasteiger partial charge in [0.2, 0.25) is 17.6 Å². The Morgan fingerprint density at radius 2 is 2.06 bits per heavy atom. The van der Waals surface area contributed by atoms with E-state index in [1.165, 1.54) is 17.0 Å². The summed E-state index contributed by atoms with van der Waals surface area (Å²) in [5, 5.41) is 16.6. The number of likely N-dealkylation sites (tertiary alicyclic amines) is 1. The van der Waals surface area contributed by atoms with Crippen LogP contribution in [-0.2, 0) is 10.2 Å². The summed E-state index contributed by atoms with van der Waals surface area (Å²) >= 11 is 0. The van der Waals surface area contributed by atoms with Crippen LogP contribution in [0.2, 0.25) is 0 Å². The van der Waals surface area contributed by atoms with Crippen molar-refractivity contribution in [2.75, 3.05) is 13.1 Å². The number of nitrogens with zero attached hydrogens (tertiary/aromatic N) is 4. The van der Waals surface area contributed by atoms with Crippen molar-refractivity contribution in [3.8, 4) is 17.5 Å². The number of carbonyl (C=O) groups excluding carboxylic acids is 1. The molecule has 2 fully saturated rings. The van der Waals surface area contributed by atoms with Crippen LogP contribution in [0.5, 0.6) is 0 Å². The molecule has 1 amide bonds. The highest BCUT2D eigenvalue weighted by Crippen LogP contribution is 2.53. The van der Waals surface area contributed by atoms with Crippen LogP contribution < -0.4 is 5.32 Å². The van der Waals surface area contributed by atoms with Crippen molar-refractivity contribution in [1.29, 1.82) is 5.26 Å². The first-order chi connectivity index (χ1) is 15.2. The second kappa shape index (κ2) is 8.24. The van der Waals surface area contributed by atoms with Gasteiger partial charge < -0.3 is 14.7 Å². The molecule has 2 aliphatic rings. The minimum atomic E-state index is -1.15. The third-order valence-corrected chi connectivity index (χ3v) is 7.45. The quantitative estimate of drug-likeness (QED) is 0.761. The van der Waals surface area contributed by atoms with Gasteiger partial charge in [0.05, 0.1) is 24.6 Å². The van der Waals surface area contributed by atoms with Gasteiger partial charge in [-0.2, -0.15) is 10.2 Å². The molecule has 0 unspecified atom stereocenters. The first-order valence-electron chi connectivity index (χ1n) is 10.8. The molecule has 2 aromatic rings. The van der Waals surface area contributed by atoms with Gasteiger partial charge in [-0.05, 0) is 42.5 Å². The van der Waals surface area contributed by atoms with Crippen molar-refractivity contribution in [3.05, 3.63) is 36.0 Å². The first-order valence-corrected chi connectivity index (χ1v) is 10.8. The maximum Gasteiger partial charge on any atom is 0.237 e. The van der Waals surface area contributed by atoms with Crippen LogP contribution in [0.25, 0.3) is 11.4 Å². The molecule has 1 aromatic heterocycles. The van der Waals surface area contributed by atoms with Crippen molar-refractivity contribution < 1.29 is 18.1 Å². The number of halogens is 2. The highest BCUT2D eigenvalue weighted by atomic mass is 19.1. The SMILES string of the molecule is CC1(C)[C@@H](NCC(=O)N2C[C@@H](F)C[C@H]2C#N)CC[C@@]1(C)c1nc(-c2ccc(F)cc2)no1. The molecule has 0 bridgehead atoms. The molecule has 1 aliphatic heterocycles. The standard InChI is InChI=1S/C23H27F2N5O2/c1-22(2)18(27-12-19(31)30-13-16(25)10-17(30)11-26)8-9-23(22,3)21-28-20(29-32-21)14-4-6-15(24)7-5-14/h4-7,16-18,27H,8-10,12-13H2,1-3H3/t16-,17-,18-,23-/m0/s1. The average Bonchev–Trinajstić information content (AvgIpc) is 3.45. The molecule has 2 heterocycles. The van der Waals surface area contributed by atoms with Gasteiger partial charge in [0.1, 0.15) is 18.0 Å². The lowest BCUT2D eigenvalue weighted by Gasteiger charge is -2.39. The number of benzene rings is 1. The van der Waals surface area contributed by atoms with Crippen molar-refractivity contribution in [1.82, 2.24) is 20.4 Å². The zero-order valence-corrected chi connectivity index (χ0v) is 18.4. The Labute approximate surface area is 185 Å². The van der Waals surface area contributed by atoms with Gasteiger partial charge in [0.15, 0.2) is 0 Å². The highest BCUT2D eigenvalue weighted by Gasteiger charge is 2.55. The summed E-state index contributed by atoms with van der Waals surface area (Å²) in [4.78, 5) is 18.5. The van der Waals surface area contributed by atoms with E-state index in [0.717, 1.165) is 12.8 Å². The summed E-state index contributed by atoms with van der Waals surface area (Å²) < 4.78 is 32.5. The Balaban J connectivity index is 1.45. The van der Waals surface area contributed by atoms with Crippen molar-refractivity contribution in [2.24, 2.45) is 5.41 Å². The van der Waals surface area contributed by atoms with Crippen LogP contribution in [0.15, 0.2) is 28.8 Å². The number of alkyl halides is 1. The fourth-order valence-corrected chi connectivity index (χ4v) is 4.90. The predicted octanol–water partition coefficient (Wildman–Crippen LogP) is 3.37. The van der Waals surface area contributed by atoms with E-state index in [0.29, 0.717) is 17.3 Å². The Kier molecular flexibility index (Phi) is 5.76. The topological polar surface area (TPSA) is 95.1 Å². The van der Waals surface area contributed by atoms with Crippen LogP contribution in [0.4, 0.5) is 8.78 Å². The Morgan fingerprint density at radius 3 is 2.75 bits per heavy atom. The molecule has 1 saturated carbocycles. The lowest BCUT2D eigenvalue weighted by atomic mass is 9.67. The molecule has 7 nitrogen and oxygen atoms in total. The highest BCUT2D eigenvalue weighted by molar-refractivity contribution is 5.79. The minimum Gasteiger partial charge on any atom is -0.338 e. The molecule has 32 heavy (non-hydrogen) atoms. The van der Waals surface area contributed by atoms with Gasteiger partial charge in [0, 0.05) is 18.0 Å². The lowest BCUT2D eigenvalue weighted by molar-refractivity contribution is -0.130. The van der Waals surface area contributed by atoms with E-state index < -0.39 is 17.6 Å². The van der Waals surface area contributed by atoms with E-state index in [-0.39, 0.29) is 42.7 Å². The summed E-state index contributed by atoms with van der Waals surface area (Å²) in [6, 6.07) is 7.22. The summed E-state index contributed by atoms with van der Waals surface area (Å²) in [5.41, 5.74) is -0.0986. The van der Waals surface area contributed by atoms with Gasteiger partial charge >= 0.3 is 0 Å². The first kappa shape index (κ1) is 22.3. The van der Waals surface area contributed by atoms with Crippen LogP contribution >= 0.6 is 0 Å². The van der Waals surface area contributed by atoms with E-state index in [9.17, 15) is 18.8 Å². The number of nitrogens with one attached hydrogen (secondary N) is 1. The predicted molar refractivity (Wildman–Crippen MR) is 112 cm³/mol. The molecule has 0 radical (unpaired) electrons. The molecular formula is C23H27F2N5O2. The molecule has 4 rings (SSSR count). The molecule has 1 aromatic carbocycles. The lowest BCUT2D eigenvalue weighted by Crippen LogP contribution is -2.50. The number of carbonyl (C=O) groups is 1. The summed E-state index contributed by atoms with van der Waals surface area (Å²) in [7, 11) is 0. The molecule has 1 saturated heterocycles. The number of rotatable bonds is 5. The van der Waals surface area contributed by atoms with Crippen LogP contribution in [0, 0.1) is 22.6 Å². The second-order valence-electron chi connectivity index (χ2n) is 9.48. The van der Waals surface area contributed by atoms with E-state index in [1.54, 1.807) is 12.1 Å². The smallest absolute Gasteiger partial charge is 0.237 e. The summed E-state index contributed by atoms with van der Waals surface area (Å²) in [5.74, 6) is 0.308. The van der Waals surface area contributed by atoms with E-state index in [2.05, 4.69) is 36.2 Å². The van der Waals surface area contributed by atoms with Crippen molar-refractivity contribution in [3.63, 3.8) is 0 Å². The van der Waals surface area contributed by atoms with Gasteiger partial charge in [-0.15, -0.1) is 0 Å². The molecule has 1 N–H and O–H groups in total. The maximum atomic E-state index is 13.7. The summed E-state index contributed by atoms with van der Waals surface area (Å²) in [6.07, 6.45) is 0.484. The van der Waals surface area contributed by atoms with Crippen LogP contribution in [-0.4, -0.2) is 52.3 Å². The largest absolute Gasteiger partial charge is 0.338 e. The van der Waals surface area contributed by atoms with E-state index in [4.69, 9.17) is 4.52 Å². The summed E-state index contributed by atoms with van der Waals surface area (Å²) in [6.45, 7) is 6.27. The van der Waals surface area contributed by atoms with Crippen molar-refractivity contribution in [2.45, 2.75) is 63.7 Å². The van der Waals surface area contributed by atoms with Crippen LogP contribution in [0.1, 0.15) is 45.9 Å². The number of aromatic nitrogens is 2. The minimum absolute atomic E-state index is 0.0121. The molecule has 4 atom stereocenters. The maximum absolute atomic E-state index is 13.7.